The SMILES string of the molecule is CC(CBr)c1ccc2c(c1)ncc1ncn(NC(=O)OC(C)(C)C)c12. The molecule has 1 N–H and O–H groups in total. The van der Waals surface area contributed by atoms with Gasteiger partial charge in [-0.3, -0.25) is 4.98 Å². The molecule has 0 aliphatic heterocycles. The molecule has 0 radical (unpaired) electrons. The molecule has 25 heavy (non-hydrogen) atoms. The molecule has 0 spiro atoms. The Morgan fingerprint density at radius 3 is 2.76 bits per heavy atom. The van der Waals surface area contributed by atoms with Gasteiger partial charge in [-0.25, -0.2) is 19.9 Å². The van der Waals surface area contributed by atoms with Crippen LogP contribution in [0.2, 0.25) is 0 Å². The van der Waals surface area contributed by atoms with Crippen molar-refractivity contribution < 1.29 is 9.53 Å². The molecule has 7 heteroatoms. The summed E-state index contributed by atoms with van der Waals surface area (Å²) in [5, 5.41) is 1.82. The molecule has 1 unspecified atom stereocenters. The summed E-state index contributed by atoms with van der Waals surface area (Å²) < 4.78 is 6.90. The van der Waals surface area contributed by atoms with Crippen molar-refractivity contribution in [1.29, 1.82) is 0 Å². The van der Waals surface area contributed by atoms with E-state index in [0.29, 0.717) is 11.4 Å². The average molecular weight is 405 g/mol. The fourth-order valence-electron chi connectivity index (χ4n) is 2.59. The molecule has 0 saturated heterocycles. The number of amides is 1. The van der Waals surface area contributed by atoms with Crippen LogP contribution in [0, 0.1) is 0 Å². The molecule has 1 aromatic carbocycles. The Hall–Kier alpha value is -2.15. The number of aromatic nitrogens is 3. The van der Waals surface area contributed by atoms with E-state index in [9.17, 15) is 4.79 Å². The monoisotopic (exact) mass is 404 g/mol. The van der Waals surface area contributed by atoms with Crippen molar-refractivity contribution >= 4 is 44.0 Å². The first-order chi connectivity index (χ1) is 11.8. The van der Waals surface area contributed by atoms with E-state index in [2.05, 4.69) is 50.4 Å². The van der Waals surface area contributed by atoms with E-state index in [4.69, 9.17) is 4.74 Å². The molecular formula is C18H21BrN4O2. The van der Waals surface area contributed by atoms with Gasteiger partial charge in [0.1, 0.15) is 23.0 Å². The van der Waals surface area contributed by atoms with Crippen molar-refractivity contribution in [3.8, 4) is 0 Å². The smallest absolute Gasteiger partial charge is 0.427 e. The van der Waals surface area contributed by atoms with Crippen molar-refractivity contribution in [2.24, 2.45) is 0 Å². The molecule has 0 fully saturated rings. The lowest BCUT2D eigenvalue weighted by atomic mass is 10.0. The van der Waals surface area contributed by atoms with Gasteiger partial charge in [-0.05, 0) is 38.3 Å². The van der Waals surface area contributed by atoms with E-state index in [1.807, 2.05) is 26.8 Å². The van der Waals surface area contributed by atoms with Crippen LogP contribution in [0.1, 0.15) is 39.2 Å². The van der Waals surface area contributed by atoms with Crippen LogP contribution in [0.5, 0.6) is 0 Å². The van der Waals surface area contributed by atoms with Crippen LogP contribution < -0.4 is 5.43 Å². The molecule has 1 amide bonds. The second-order valence-corrected chi connectivity index (χ2v) is 7.70. The van der Waals surface area contributed by atoms with Gasteiger partial charge in [0.05, 0.1) is 11.7 Å². The molecule has 2 aromatic heterocycles. The molecule has 2 heterocycles. The number of carbonyl (C=O) groups is 1. The van der Waals surface area contributed by atoms with Crippen LogP contribution >= 0.6 is 15.9 Å². The summed E-state index contributed by atoms with van der Waals surface area (Å²) in [5.74, 6) is 0.395. The first-order valence-corrected chi connectivity index (χ1v) is 9.22. The summed E-state index contributed by atoms with van der Waals surface area (Å²) in [6.45, 7) is 7.63. The lowest BCUT2D eigenvalue weighted by Crippen LogP contribution is -2.31. The van der Waals surface area contributed by atoms with Crippen molar-refractivity contribution in [3.63, 3.8) is 0 Å². The van der Waals surface area contributed by atoms with Crippen molar-refractivity contribution in [2.45, 2.75) is 39.2 Å². The minimum Gasteiger partial charge on any atom is -0.443 e. The zero-order chi connectivity index (χ0) is 18.2. The maximum atomic E-state index is 12.1. The number of alkyl halides is 1. The number of hydrogen-bond acceptors (Lipinski definition) is 4. The van der Waals surface area contributed by atoms with Gasteiger partial charge in [-0.15, -0.1) is 0 Å². The summed E-state index contributed by atoms with van der Waals surface area (Å²) in [7, 11) is 0. The normalized spacial score (nSPS) is 13.2. The Morgan fingerprint density at radius 1 is 1.32 bits per heavy atom. The third-order valence-corrected chi connectivity index (χ3v) is 4.78. The number of ether oxygens (including phenoxy) is 1. The fourth-order valence-corrected chi connectivity index (χ4v) is 2.96. The van der Waals surface area contributed by atoms with Gasteiger partial charge in [-0.1, -0.05) is 35.0 Å². The second-order valence-electron chi connectivity index (χ2n) is 7.05. The number of nitrogens with one attached hydrogen (secondary N) is 1. The van der Waals surface area contributed by atoms with E-state index in [-0.39, 0.29) is 0 Å². The largest absolute Gasteiger partial charge is 0.443 e. The molecule has 0 aliphatic rings. The van der Waals surface area contributed by atoms with Crippen molar-refractivity contribution in [1.82, 2.24) is 14.6 Å². The lowest BCUT2D eigenvalue weighted by molar-refractivity contribution is 0.0614. The van der Waals surface area contributed by atoms with Crippen LogP contribution in [-0.2, 0) is 4.74 Å². The van der Waals surface area contributed by atoms with Gasteiger partial charge in [0, 0.05) is 10.7 Å². The molecule has 0 bridgehead atoms. The molecule has 1 atom stereocenters. The average Bonchev–Trinajstić information content (AvgIpc) is 2.95. The first-order valence-electron chi connectivity index (χ1n) is 8.10. The first kappa shape index (κ1) is 17.7. The van der Waals surface area contributed by atoms with E-state index < -0.39 is 11.7 Å². The Balaban J connectivity index is 2.03. The highest BCUT2D eigenvalue weighted by Gasteiger charge is 2.18. The van der Waals surface area contributed by atoms with Gasteiger partial charge >= 0.3 is 6.09 Å². The lowest BCUT2D eigenvalue weighted by Gasteiger charge is -2.20. The van der Waals surface area contributed by atoms with Crippen LogP contribution in [0.4, 0.5) is 4.79 Å². The minimum absolute atomic E-state index is 0.395. The highest BCUT2D eigenvalue weighted by molar-refractivity contribution is 9.09. The Labute approximate surface area is 154 Å². The molecule has 132 valence electrons. The van der Waals surface area contributed by atoms with Crippen LogP contribution in [0.3, 0.4) is 0 Å². The van der Waals surface area contributed by atoms with Crippen molar-refractivity contribution in [2.75, 3.05) is 10.8 Å². The summed E-state index contributed by atoms with van der Waals surface area (Å²) in [4.78, 5) is 20.9. The van der Waals surface area contributed by atoms with Gasteiger partial charge < -0.3 is 4.74 Å². The fraction of sp³-hybridized carbons (Fsp3) is 0.389. The van der Waals surface area contributed by atoms with Crippen LogP contribution in [0.25, 0.3) is 21.9 Å². The third kappa shape index (κ3) is 3.76. The minimum atomic E-state index is -0.565. The number of hydrogen-bond donors (Lipinski definition) is 1. The topological polar surface area (TPSA) is 69.0 Å². The number of benzene rings is 1. The Bertz CT molecular complexity index is 930. The predicted molar refractivity (Wildman–Crippen MR) is 103 cm³/mol. The zero-order valence-corrected chi connectivity index (χ0v) is 16.3. The Kier molecular flexibility index (Phi) is 4.69. The van der Waals surface area contributed by atoms with Crippen LogP contribution in [0.15, 0.2) is 30.7 Å². The predicted octanol–water partition coefficient (Wildman–Crippen LogP) is 4.56. The number of carbonyl (C=O) groups excluding carboxylic acids is 1. The number of halogens is 1. The van der Waals surface area contributed by atoms with Gasteiger partial charge in [0.25, 0.3) is 0 Å². The van der Waals surface area contributed by atoms with Crippen LogP contribution in [-0.4, -0.2) is 31.7 Å². The third-order valence-electron chi connectivity index (χ3n) is 3.81. The number of pyridine rings is 1. The molecule has 0 saturated carbocycles. The van der Waals surface area contributed by atoms with E-state index in [0.717, 1.165) is 21.7 Å². The summed E-state index contributed by atoms with van der Waals surface area (Å²) in [6, 6.07) is 6.18. The molecular weight excluding hydrogens is 384 g/mol. The number of rotatable bonds is 3. The van der Waals surface area contributed by atoms with Crippen molar-refractivity contribution in [3.05, 3.63) is 36.3 Å². The maximum Gasteiger partial charge on any atom is 0.427 e. The Morgan fingerprint density at radius 2 is 2.08 bits per heavy atom. The van der Waals surface area contributed by atoms with Gasteiger partial charge in [0.2, 0.25) is 0 Å². The zero-order valence-electron chi connectivity index (χ0n) is 14.7. The number of nitrogens with zero attached hydrogens (tertiary/aromatic N) is 3. The number of imidazole rings is 1. The molecule has 6 nitrogen and oxygen atoms in total. The van der Waals surface area contributed by atoms with Gasteiger partial charge in [-0.2, -0.15) is 0 Å². The molecule has 3 rings (SSSR count). The maximum absolute atomic E-state index is 12.1. The summed E-state index contributed by atoms with van der Waals surface area (Å²) >= 11 is 3.52. The van der Waals surface area contributed by atoms with E-state index >= 15 is 0 Å². The standard InChI is InChI=1S/C18H21BrN4O2/c1-11(8-19)12-5-6-13-14(7-12)20-9-15-16(13)23(10-21-15)22-17(24)25-18(2,3)4/h5-7,9-11H,8H2,1-4H3,(H,22,24). The quantitative estimate of drug-likeness (QED) is 0.649. The summed E-state index contributed by atoms with van der Waals surface area (Å²) in [6.07, 6.45) is 2.75. The van der Waals surface area contributed by atoms with E-state index in [1.165, 1.54) is 5.56 Å². The molecule has 0 aliphatic carbocycles. The molecule has 3 aromatic rings. The summed E-state index contributed by atoms with van der Waals surface area (Å²) in [5.41, 5.74) is 5.74. The second kappa shape index (κ2) is 6.63. The van der Waals surface area contributed by atoms with Gasteiger partial charge in [0.15, 0.2) is 0 Å². The highest BCUT2D eigenvalue weighted by Crippen LogP contribution is 2.26. The number of fused-ring (bicyclic) bond motifs is 3. The van der Waals surface area contributed by atoms with E-state index in [1.54, 1.807) is 17.2 Å². The highest BCUT2D eigenvalue weighted by atomic mass is 79.9.